The fourth-order valence-corrected chi connectivity index (χ4v) is 1.76. The number of aryl methyl sites for hydroxylation is 2. The second-order valence-corrected chi connectivity index (χ2v) is 4.94. The predicted octanol–water partition coefficient (Wildman–Crippen LogP) is 1.67. The van der Waals surface area contributed by atoms with E-state index in [0.29, 0.717) is 5.69 Å². The number of hydrogen-bond donors (Lipinski definition) is 1. The van der Waals surface area contributed by atoms with Crippen LogP contribution in [-0.2, 0) is 10.0 Å². The van der Waals surface area contributed by atoms with Gasteiger partial charge in [0.2, 0.25) is 10.0 Å². The van der Waals surface area contributed by atoms with Gasteiger partial charge in [-0.2, -0.15) is 0 Å². The second kappa shape index (κ2) is 3.38. The van der Waals surface area contributed by atoms with Gasteiger partial charge in [-0.3, -0.25) is 4.72 Å². The molecule has 1 aromatic rings. The van der Waals surface area contributed by atoms with Crippen LogP contribution in [0.3, 0.4) is 0 Å². The Morgan fingerprint density at radius 3 is 2.31 bits per heavy atom. The molecule has 0 amide bonds. The molecule has 1 rings (SSSR count). The number of nitrogens with one attached hydrogen (secondary N) is 1. The largest absolute Gasteiger partial charge is 0.284 e. The first kappa shape index (κ1) is 10.1. The molecule has 0 unspecified atom stereocenters. The van der Waals surface area contributed by atoms with E-state index in [1.165, 1.54) is 0 Å². The molecule has 1 N–H and O–H groups in total. The number of benzene rings is 1. The van der Waals surface area contributed by atoms with E-state index in [2.05, 4.69) is 4.72 Å². The summed E-state index contributed by atoms with van der Waals surface area (Å²) in [6, 6.07) is 5.58. The number of rotatable bonds is 2. The van der Waals surface area contributed by atoms with Gasteiger partial charge < -0.3 is 0 Å². The molecule has 0 radical (unpaired) electrons. The van der Waals surface area contributed by atoms with Gasteiger partial charge in [0.05, 0.1) is 11.9 Å². The third kappa shape index (κ3) is 3.06. The number of hydrogen-bond acceptors (Lipinski definition) is 2. The molecule has 72 valence electrons. The van der Waals surface area contributed by atoms with E-state index in [4.69, 9.17) is 0 Å². The van der Waals surface area contributed by atoms with Gasteiger partial charge >= 0.3 is 0 Å². The summed E-state index contributed by atoms with van der Waals surface area (Å²) in [7, 11) is -3.16. The Morgan fingerprint density at radius 2 is 1.85 bits per heavy atom. The van der Waals surface area contributed by atoms with Gasteiger partial charge in [0.15, 0.2) is 0 Å². The Labute approximate surface area is 78.8 Å². The zero-order valence-electron chi connectivity index (χ0n) is 7.96. The van der Waals surface area contributed by atoms with Crippen LogP contribution in [0.4, 0.5) is 5.69 Å². The van der Waals surface area contributed by atoms with Crippen molar-refractivity contribution in [2.75, 3.05) is 11.0 Å². The Bertz CT molecular complexity index is 410. The van der Waals surface area contributed by atoms with Crippen LogP contribution in [0.25, 0.3) is 0 Å². The molecule has 0 aromatic heterocycles. The van der Waals surface area contributed by atoms with Crippen molar-refractivity contribution in [3.63, 3.8) is 0 Å². The van der Waals surface area contributed by atoms with Gasteiger partial charge in [0.1, 0.15) is 0 Å². The van der Waals surface area contributed by atoms with Crippen molar-refractivity contribution in [3.8, 4) is 0 Å². The Kier molecular flexibility index (Phi) is 2.61. The van der Waals surface area contributed by atoms with Crippen molar-refractivity contribution in [2.24, 2.45) is 0 Å². The minimum absolute atomic E-state index is 0.646. The number of sulfonamides is 1. The van der Waals surface area contributed by atoms with E-state index in [9.17, 15) is 8.42 Å². The molecule has 0 atom stereocenters. The van der Waals surface area contributed by atoms with Crippen molar-refractivity contribution in [1.29, 1.82) is 0 Å². The monoisotopic (exact) mass is 199 g/mol. The fraction of sp³-hybridized carbons (Fsp3) is 0.333. The van der Waals surface area contributed by atoms with Crippen molar-refractivity contribution >= 4 is 15.7 Å². The summed E-state index contributed by atoms with van der Waals surface area (Å²) in [6.45, 7) is 3.84. The van der Waals surface area contributed by atoms with Crippen LogP contribution >= 0.6 is 0 Å². The SMILES string of the molecule is Cc1ccc(NS(C)(=O)=O)c(C)c1. The van der Waals surface area contributed by atoms with Crippen LogP contribution < -0.4 is 4.72 Å². The van der Waals surface area contributed by atoms with Gasteiger partial charge in [-0.25, -0.2) is 8.42 Å². The molecular weight excluding hydrogens is 186 g/mol. The van der Waals surface area contributed by atoms with E-state index >= 15 is 0 Å². The van der Waals surface area contributed by atoms with Crippen LogP contribution in [0.2, 0.25) is 0 Å². The van der Waals surface area contributed by atoms with Gasteiger partial charge in [0.25, 0.3) is 0 Å². The normalized spacial score (nSPS) is 11.3. The maximum Gasteiger partial charge on any atom is 0.229 e. The van der Waals surface area contributed by atoms with Gasteiger partial charge in [-0.1, -0.05) is 17.7 Å². The molecule has 4 heteroatoms. The highest BCUT2D eigenvalue weighted by atomic mass is 32.2. The molecular formula is C9H13NO2S. The van der Waals surface area contributed by atoms with E-state index in [1.807, 2.05) is 26.0 Å². The molecule has 3 nitrogen and oxygen atoms in total. The van der Waals surface area contributed by atoms with Crippen molar-refractivity contribution < 1.29 is 8.42 Å². The molecule has 13 heavy (non-hydrogen) atoms. The molecule has 1 aromatic carbocycles. The molecule has 0 fully saturated rings. The molecule has 0 saturated heterocycles. The summed E-state index contributed by atoms with van der Waals surface area (Å²) < 4.78 is 24.3. The highest BCUT2D eigenvalue weighted by molar-refractivity contribution is 7.92. The molecule has 0 spiro atoms. The lowest BCUT2D eigenvalue weighted by Gasteiger charge is -2.07. The standard InChI is InChI=1S/C9H13NO2S/c1-7-4-5-9(8(2)6-7)10-13(3,11)12/h4-6,10H,1-3H3. The van der Waals surface area contributed by atoms with Crippen molar-refractivity contribution in [2.45, 2.75) is 13.8 Å². The zero-order valence-corrected chi connectivity index (χ0v) is 8.77. The summed E-state index contributed by atoms with van der Waals surface area (Å²) in [5.74, 6) is 0. The predicted molar refractivity (Wildman–Crippen MR) is 54.4 cm³/mol. The van der Waals surface area contributed by atoms with Gasteiger partial charge in [-0.05, 0) is 25.5 Å². The first-order chi connectivity index (χ1) is 5.88. The quantitative estimate of drug-likeness (QED) is 0.787. The maximum atomic E-state index is 10.9. The highest BCUT2D eigenvalue weighted by Crippen LogP contribution is 2.16. The molecule has 0 heterocycles. The molecule has 0 saturated carbocycles. The summed E-state index contributed by atoms with van der Waals surface area (Å²) in [6.07, 6.45) is 1.15. The summed E-state index contributed by atoms with van der Waals surface area (Å²) in [5.41, 5.74) is 2.70. The van der Waals surface area contributed by atoms with Gasteiger partial charge in [-0.15, -0.1) is 0 Å². The summed E-state index contributed by atoms with van der Waals surface area (Å²) in [5, 5.41) is 0. The average Bonchev–Trinajstić information content (AvgIpc) is 1.93. The van der Waals surface area contributed by atoms with Crippen LogP contribution in [-0.4, -0.2) is 14.7 Å². The molecule has 0 bridgehead atoms. The van der Waals surface area contributed by atoms with E-state index in [-0.39, 0.29) is 0 Å². The summed E-state index contributed by atoms with van der Waals surface area (Å²) >= 11 is 0. The lowest BCUT2D eigenvalue weighted by atomic mass is 10.1. The third-order valence-electron chi connectivity index (χ3n) is 1.68. The minimum atomic E-state index is -3.16. The van der Waals surface area contributed by atoms with Crippen LogP contribution in [0.1, 0.15) is 11.1 Å². The molecule has 0 aliphatic heterocycles. The Hall–Kier alpha value is -1.03. The first-order valence-electron chi connectivity index (χ1n) is 3.93. The van der Waals surface area contributed by atoms with Crippen molar-refractivity contribution in [3.05, 3.63) is 29.3 Å². The average molecular weight is 199 g/mol. The lowest BCUT2D eigenvalue weighted by Crippen LogP contribution is -2.10. The summed E-state index contributed by atoms with van der Waals surface area (Å²) in [4.78, 5) is 0. The highest BCUT2D eigenvalue weighted by Gasteiger charge is 2.03. The minimum Gasteiger partial charge on any atom is -0.284 e. The van der Waals surface area contributed by atoms with E-state index < -0.39 is 10.0 Å². The maximum absolute atomic E-state index is 10.9. The Morgan fingerprint density at radius 1 is 1.23 bits per heavy atom. The van der Waals surface area contributed by atoms with Crippen LogP contribution in [0.15, 0.2) is 18.2 Å². The topological polar surface area (TPSA) is 46.2 Å². The number of anilines is 1. The molecule has 0 aliphatic rings. The zero-order chi connectivity index (χ0) is 10.1. The van der Waals surface area contributed by atoms with Gasteiger partial charge in [0, 0.05) is 0 Å². The fourth-order valence-electron chi connectivity index (χ4n) is 1.13. The van der Waals surface area contributed by atoms with Crippen molar-refractivity contribution in [1.82, 2.24) is 0 Å². The third-order valence-corrected chi connectivity index (χ3v) is 2.27. The van der Waals surface area contributed by atoms with E-state index in [1.54, 1.807) is 6.07 Å². The lowest BCUT2D eigenvalue weighted by molar-refractivity contribution is 0.607. The molecule has 0 aliphatic carbocycles. The first-order valence-corrected chi connectivity index (χ1v) is 5.83. The smallest absolute Gasteiger partial charge is 0.229 e. The Balaban J connectivity index is 3.04. The second-order valence-electron chi connectivity index (χ2n) is 3.19. The van der Waals surface area contributed by atoms with Crippen LogP contribution in [0.5, 0.6) is 0 Å². The van der Waals surface area contributed by atoms with Crippen LogP contribution in [0, 0.1) is 13.8 Å². The van der Waals surface area contributed by atoms with E-state index in [0.717, 1.165) is 17.4 Å².